The maximum atomic E-state index is 12.8. The Labute approximate surface area is 179 Å². The molecule has 0 radical (unpaired) electrons. The molecule has 0 amide bonds. The second kappa shape index (κ2) is 7.40. The van der Waals surface area contributed by atoms with Crippen LogP contribution in [0.15, 0.2) is 44.1 Å². The molecule has 0 aliphatic heterocycles. The number of hydrogen-bond donors (Lipinski definition) is 1. The fourth-order valence-electron chi connectivity index (χ4n) is 3.48. The van der Waals surface area contributed by atoms with E-state index in [2.05, 4.69) is 20.7 Å². The Morgan fingerprint density at radius 3 is 2.70 bits per heavy atom. The van der Waals surface area contributed by atoms with Crippen molar-refractivity contribution in [3.63, 3.8) is 0 Å². The molecule has 4 rings (SSSR count). The van der Waals surface area contributed by atoms with Gasteiger partial charge in [-0.3, -0.25) is 19.6 Å². The van der Waals surface area contributed by atoms with E-state index in [1.54, 1.807) is 0 Å². The molecule has 0 spiro atoms. The quantitative estimate of drug-likeness (QED) is 0.410. The average molecular weight is 495 g/mol. The predicted molar refractivity (Wildman–Crippen MR) is 112 cm³/mol. The van der Waals surface area contributed by atoms with E-state index in [1.165, 1.54) is 31.4 Å². The lowest BCUT2D eigenvalue weighted by Gasteiger charge is -2.11. The first kappa shape index (κ1) is 20.4. The maximum Gasteiger partial charge on any atom is 0.312 e. The van der Waals surface area contributed by atoms with E-state index in [4.69, 9.17) is 9.15 Å². The van der Waals surface area contributed by atoms with E-state index >= 15 is 0 Å². The van der Waals surface area contributed by atoms with Gasteiger partial charge in [-0.25, -0.2) is 8.42 Å². The van der Waals surface area contributed by atoms with Crippen molar-refractivity contribution in [3.8, 4) is 5.75 Å². The van der Waals surface area contributed by atoms with Gasteiger partial charge in [-0.2, -0.15) is 0 Å². The van der Waals surface area contributed by atoms with Crippen LogP contribution in [0.25, 0.3) is 11.0 Å². The molecule has 30 heavy (non-hydrogen) atoms. The summed E-state index contributed by atoms with van der Waals surface area (Å²) >= 11 is 3.36. The minimum atomic E-state index is -4.14. The molecule has 0 atom stereocenters. The molecule has 1 aliphatic carbocycles. The molecule has 1 N–H and O–H groups in total. The van der Waals surface area contributed by atoms with Crippen LogP contribution in [0.1, 0.15) is 29.0 Å². The summed E-state index contributed by atoms with van der Waals surface area (Å²) in [6.45, 7) is 0. The number of nitro benzene ring substituents is 1. The van der Waals surface area contributed by atoms with Gasteiger partial charge in [-0.05, 0) is 46.6 Å². The topological polar surface area (TPSA) is 129 Å². The number of hydrogen-bond acceptors (Lipinski definition) is 7. The molecule has 0 saturated carbocycles. The minimum absolute atomic E-state index is 0.0484. The molecule has 3 aromatic rings. The third-order valence-corrected chi connectivity index (χ3v) is 6.78. The normalized spacial score (nSPS) is 13.9. The Morgan fingerprint density at radius 2 is 2.00 bits per heavy atom. The molecule has 0 unspecified atom stereocenters. The summed E-state index contributed by atoms with van der Waals surface area (Å²) in [7, 11) is -2.89. The zero-order valence-corrected chi connectivity index (χ0v) is 18.0. The van der Waals surface area contributed by atoms with Gasteiger partial charge in [-0.15, -0.1) is 0 Å². The number of aryl methyl sites for hydroxylation is 1. The Morgan fingerprint density at radius 1 is 1.23 bits per heavy atom. The van der Waals surface area contributed by atoms with Gasteiger partial charge < -0.3 is 9.15 Å². The first-order valence-corrected chi connectivity index (χ1v) is 11.1. The van der Waals surface area contributed by atoms with Crippen molar-refractivity contribution in [3.05, 3.63) is 56.2 Å². The average Bonchev–Trinajstić information content (AvgIpc) is 3.07. The number of carbonyl (C=O) groups excluding carboxylic acids is 1. The summed E-state index contributed by atoms with van der Waals surface area (Å²) in [4.78, 5) is 22.6. The van der Waals surface area contributed by atoms with Gasteiger partial charge in [-0.1, -0.05) is 0 Å². The Bertz CT molecular complexity index is 1310. The largest absolute Gasteiger partial charge is 0.490 e. The standard InChI is InChI=1S/C19H15BrN2O7S/c1-28-16-6-5-11(9-14(16)22(24)25)30(26,27)21-10-7-12-18-15(23)3-2-4-17(18)29-19(12)13(20)8-10/h5-9,21H,2-4H2,1H3. The van der Waals surface area contributed by atoms with Crippen LogP contribution < -0.4 is 9.46 Å². The number of carbonyl (C=O) groups is 1. The summed E-state index contributed by atoms with van der Waals surface area (Å²) in [6, 6.07) is 6.40. The zero-order chi connectivity index (χ0) is 21.6. The highest BCUT2D eigenvalue weighted by Gasteiger charge is 2.27. The monoisotopic (exact) mass is 494 g/mol. The molecule has 1 heterocycles. The van der Waals surface area contributed by atoms with E-state index in [0.717, 1.165) is 6.07 Å². The fourth-order valence-corrected chi connectivity index (χ4v) is 5.08. The third-order valence-electron chi connectivity index (χ3n) is 4.81. The van der Waals surface area contributed by atoms with Gasteiger partial charge in [0.2, 0.25) is 0 Å². The number of methoxy groups -OCH3 is 1. The van der Waals surface area contributed by atoms with Gasteiger partial charge in [0.05, 0.1) is 32.7 Å². The Kier molecular flexibility index (Phi) is 5.02. The van der Waals surface area contributed by atoms with Crippen LogP contribution in [-0.2, 0) is 16.4 Å². The van der Waals surface area contributed by atoms with Gasteiger partial charge in [0, 0.05) is 24.3 Å². The highest BCUT2D eigenvalue weighted by atomic mass is 79.9. The van der Waals surface area contributed by atoms with Crippen LogP contribution in [0.2, 0.25) is 0 Å². The number of benzene rings is 2. The van der Waals surface area contributed by atoms with Crippen LogP contribution in [-0.4, -0.2) is 26.2 Å². The summed E-state index contributed by atoms with van der Waals surface area (Å²) in [6.07, 6.45) is 1.75. The number of nitro groups is 1. The number of nitrogens with zero attached hydrogens (tertiary/aromatic N) is 1. The van der Waals surface area contributed by atoms with Crippen molar-refractivity contribution in [2.75, 3.05) is 11.8 Å². The van der Waals surface area contributed by atoms with E-state index in [9.17, 15) is 23.3 Å². The van der Waals surface area contributed by atoms with Crippen molar-refractivity contribution < 1.29 is 27.3 Å². The number of ether oxygens (including phenoxy) is 1. The number of fused-ring (bicyclic) bond motifs is 3. The number of rotatable bonds is 5. The van der Waals surface area contributed by atoms with E-state index in [0.29, 0.717) is 46.0 Å². The van der Waals surface area contributed by atoms with Crippen molar-refractivity contribution >= 4 is 54.1 Å². The van der Waals surface area contributed by atoms with Crippen LogP contribution >= 0.6 is 15.9 Å². The van der Waals surface area contributed by atoms with Gasteiger partial charge >= 0.3 is 5.69 Å². The maximum absolute atomic E-state index is 12.8. The van der Waals surface area contributed by atoms with Gasteiger partial charge in [0.1, 0.15) is 11.3 Å². The number of nitrogens with one attached hydrogen (secondary N) is 1. The summed E-state index contributed by atoms with van der Waals surface area (Å²) < 4.78 is 39.3. The molecule has 0 bridgehead atoms. The smallest absolute Gasteiger partial charge is 0.312 e. The zero-order valence-electron chi connectivity index (χ0n) is 15.6. The summed E-state index contributed by atoms with van der Waals surface area (Å²) in [5.74, 6) is 0.493. The van der Waals surface area contributed by atoms with Crippen LogP contribution in [0.4, 0.5) is 11.4 Å². The van der Waals surface area contributed by atoms with Gasteiger partial charge in [0.25, 0.3) is 10.0 Å². The number of sulfonamides is 1. The van der Waals surface area contributed by atoms with Crippen molar-refractivity contribution in [1.29, 1.82) is 0 Å². The number of furan rings is 1. The molecule has 0 saturated heterocycles. The lowest BCUT2D eigenvalue weighted by molar-refractivity contribution is -0.386. The molecule has 1 aromatic heterocycles. The first-order chi connectivity index (χ1) is 14.2. The predicted octanol–water partition coefficient (Wildman–Crippen LogP) is 4.43. The molecule has 2 aromatic carbocycles. The molecular formula is C19H15BrN2O7S. The van der Waals surface area contributed by atoms with E-state index in [-0.39, 0.29) is 22.1 Å². The van der Waals surface area contributed by atoms with Crippen LogP contribution in [0.3, 0.4) is 0 Å². The first-order valence-electron chi connectivity index (χ1n) is 8.84. The van der Waals surface area contributed by atoms with Gasteiger partial charge in [0.15, 0.2) is 11.5 Å². The molecular weight excluding hydrogens is 480 g/mol. The Balaban J connectivity index is 1.77. The highest BCUT2D eigenvalue weighted by molar-refractivity contribution is 9.10. The molecule has 9 nitrogen and oxygen atoms in total. The Hall–Kier alpha value is -2.92. The van der Waals surface area contributed by atoms with Crippen molar-refractivity contribution in [2.45, 2.75) is 24.2 Å². The summed E-state index contributed by atoms with van der Waals surface area (Å²) in [5.41, 5.74) is 0.665. The number of ketones is 1. The van der Waals surface area contributed by atoms with Crippen molar-refractivity contribution in [1.82, 2.24) is 0 Å². The second-order valence-corrected chi connectivity index (χ2v) is 9.24. The molecule has 0 fully saturated rings. The lowest BCUT2D eigenvalue weighted by Crippen LogP contribution is -2.13. The fraction of sp³-hybridized carbons (Fsp3) is 0.211. The number of halogens is 1. The van der Waals surface area contributed by atoms with E-state index in [1.807, 2.05) is 0 Å². The SMILES string of the molecule is COc1ccc(S(=O)(=O)Nc2cc(Br)c3oc4c(c3c2)C(=O)CCC4)cc1[N+](=O)[O-]. The minimum Gasteiger partial charge on any atom is -0.490 e. The highest BCUT2D eigenvalue weighted by Crippen LogP contribution is 2.38. The number of Topliss-reactive ketones (excluding diaryl/α,β-unsaturated/α-hetero) is 1. The van der Waals surface area contributed by atoms with Crippen molar-refractivity contribution in [2.24, 2.45) is 0 Å². The third kappa shape index (κ3) is 3.43. The van der Waals surface area contributed by atoms with Crippen LogP contribution in [0, 0.1) is 10.1 Å². The van der Waals surface area contributed by atoms with Crippen LogP contribution in [0.5, 0.6) is 5.75 Å². The summed E-state index contributed by atoms with van der Waals surface area (Å²) in [5, 5.41) is 11.7. The molecule has 156 valence electrons. The second-order valence-electron chi connectivity index (χ2n) is 6.71. The lowest BCUT2D eigenvalue weighted by atomic mass is 9.94. The number of anilines is 1. The molecule has 11 heteroatoms. The molecule has 1 aliphatic rings. The van der Waals surface area contributed by atoms with E-state index < -0.39 is 20.6 Å².